The third-order valence-electron chi connectivity index (χ3n) is 5.67. The molecule has 1 amide bonds. The maximum absolute atomic E-state index is 12.3. The van der Waals surface area contributed by atoms with E-state index < -0.39 is 11.6 Å². The predicted molar refractivity (Wildman–Crippen MR) is 138 cm³/mol. The first kappa shape index (κ1) is 26.1. The summed E-state index contributed by atoms with van der Waals surface area (Å²) in [5.41, 5.74) is 8.74. The van der Waals surface area contributed by atoms with Crippen LogP contribution in [0.2, 0.25) is 0 Å². The lowest BCUT2D eigenvalue weighted by Gasteiger charge is -2.36. The van der Waals surface area contributed by atoms with Gasteiger partial charge in [-0.25, -0.2) is 9.59 Å². The van der Waals surface area contributed by atoms with Gasteiger partial charge in [-0.3, -0.25) is 0 Å². The number of nitrogens with two attached hydrogens (primary N) is 1. The summed E-state index contributed by atoms with van der Waals surface area (Å²) in [5.74, 6) is -0.446. The minimum absolute atomic E-state index is 0.00283. The van der Waals surface area contributed by atoms with E-state index >= 15 is 0 Å². The van der Waals surface area contributed by atoms with Crippen LogP contribution in [0.5, 0.6) is 0 Å². The molecule has 0 atom stereocenters. The van der Waals surface area contributed by atoms with Crippen molar-refractivity contribution >= 4 is 23.6 Å². The molecule has 0 spiro atoms. The number of anilines is 1. The Kier molecular flexibility index (Phi) is 7.73. The first-order valence-corrected chi connectivity index (χ1v) is 11.8. The summed E-state index contributed by atoms with van der Waals surface area (Å²) in [6, 6.07) is 14.8. The Balaban J connectivity index is 1.55. The number of amides is 1. The van der Waals surface area contributed by atoms with Crippen LogP contribution in [0.25, 0.3) is 0 Å². The number of amidine groups is 1. The highest BCUT2D eigenvalue weighted by Gasteiger charge is 2.26. The van der Waals surface area contributed by atoms with Crippen LogP contribution in [0.3, 0.4) is 0 Å². The number of oxime groups is 1. The topological polar surface area (TPSA) is 97.5 Å². The van der Waals surface area contributed by atoms with Gasteiger partial charge in [-0.1, -0.05) is 38.1 Å². The highest BCUT2D eigenvalue weighted by Crippen LogP contribution is 2.22. The van der Waals surface area contributed by atoms with Gasteiger partial charge in [0.25, 0.3) is 0 Å². The van der Waals surface area contributed by atoms with E-state index in [-0.39, 0.29) is 17.3 Å². The lowest BCUT2D eigenvalue weighted by atomic mass is 9.87. The molecular formula is C27H36N4O4. The molecule has 188 valence electrons. The lowest BCUT2D eigenvalue weighted by molar-refractivity contribution is 0.0240. The van der Waals surface area contributed by atoms with Crippen molar-refractivity contribution in [2.24, 2.45) is 10.9 Å². The average molecular weight is 481 g/mol. The molecule has 35 heavy (non-hydrogen) atoms. The van der Waals surface area contributed by atoms with Gasteiger partial charge >= 0.3 is 12.1 Å². The van der Waals surface area contributed by atoms with Gasteiger partial charge in [0, 0.05) is 37.4 Å². The standard InChI is InChI=1S/C27H36N4O4/c1-26(2,3)21-11-7-20(8-12-21)24(32)35-29-23(28)19-9-13-22(14-10-19)30-15-17-31(18-16-30)25(33)34-27(4,5)6/h7-14H,15-18H2,1-6H3,(H2,28,29). The van der Waals surface area contributed by atoms with E-state index in [1.54, 1.807) is 17.0 Å². The third kappa shape index (κ3) is 7.21. The molecule has 0 bridgehead atoms. The van der Waals surface area contributed by atoms with Crippen molar-refractivity contribution in [2.45, 2.75) is 52.6 Å². The molecule has 0 aromatic heterocycles. The Bertz CT molecular complexity index is 1060. The summed E-state index contributed by atoms with van der Waals surface area (Å²) in [7, 11) is 0. The molecule has 0 saturated carbocycles. The van der Waals surface area contributed by atoms with Crippen LogP contribution in [0.1, 0.15) is 63.0 Å². The van der Waals surface area contributed by atoms with Crippen LogP contribution >= 0.6 is 0 Å². The molecule has 0 aliphatic carbocycles. The summed E-state index contributed by atoms with van der Waals surface area (Å²) in [4.78, 5) is 33.5. The van der Waals surface area contributed by atoms with E-state index in [0.717, 1.165) is 11.3 Å². The van der Waals surface area contributed by atoms with Crippen molar-refractivity contribution in [2.75, 3.05) is 31.1 Å². The fourth-order valence-corrected chi connectivity index (χ4v) is 3.62. The third-order valence-corrected chi connectivity index (χ3v) is 5.67. The smallest absolute Gasteiger partial charge is 0.410 e. The van der Waals surface area contributed by atoms with Crippen molar-refractivity contribution in [3.8, 4) is 0 Å². The largest absolute Gasteiger partial charge is 0.444 e. The molecule has 2 aromatic carbocycles. The van der Waals surface area contributed by atoms with E-state index in [2.05, 4.69) is 30.8 Å². The van der Waals surface area contributed by atoms with Crippen LogP contribution in [0, 0.1) is 0 Å². The van der Waals surface area contributed by atoms with Crippen molar-refractivity contribution in [1.29, 1.82) is 0 Å². The Labute approximate surface area is 207 Å². The monoisotopic (exact) mass is 480 g/mol. The highest BCUT2D eigenvalue weighted by atomic mass is 16.7. The Morgan fingerprint density at radius 1 is 0.829 bits per heavy atom. The minimum Gasteiger partial charge on any atom is -0.444 e. The number of rotatable bonds is 4. The zero-order valence-electron chi connectivity index (χ0n) is 21.5. The van der Waals surface area contributed by atoms with Crippen LogP contribution in [-0.4, -0.2) is 54.6 Å². The molecule has 1 saturated heterocycles. The second kappa shape index (κ2) is 10.4. The Morgan fingerprint density at radius 2 is 1.37 bits per heavy atom. The molecule has 3 rings (SSSR count). The number of piperazine rings is 1. The summed E-state index contributed by atoms with van der Waals surface area (Å²) in [6.45, 7) is 14.5. The molecule has 1 aliphatic rings. The summed E-state index contributed by atoms with van der Waals surface area (Å²) in [5, 5.41) is 3.82. The number of hydrogen-bond acceptors (Lipinski definition) is 6. The molecule has 1 heterocycles. The lowest BCUT2D eigenvalue weighted by Crippen LogP contribution is -2.50. The van der Waals surface area contributed by atoms with Gasteiger partial charge in [0.1, 0.15) is 5.60 Å². The first-order chi connectivity index (χ1) is 16.3. The zero-order valence-corrected chi connectivity index (χ0v) is 21.5. The molecule has 1 aliphatic heterocycles. The van der Waals surface area contributed by atoms with E-state index in [1.165, 1.54) is 0 Å². The molecule has 0 radical (unpaired) electrons. The van der Waals surface area contributed by atoms with E-state index in [0.29, 0.717) is 37.3 Å². The normalized spacial score (nSPS) is 15.1. The van der Waals surface area contributed by atoms with Crippen molar-refractivity contribution in [3.05, 3.63) is 65.2 Å². The molecule has 0 unspecified atom stereocenters. The van der Waals surface area contributed by atoms with Gasteiger partial charge in [-0.15, -0.1) is 0 Å². The maximum atomic E-state index is 12.3. The number of carbonyl (C=O) groups excluding carboxylic acids is 2. The zero-order chi connectivity index (χ0) is 25.8. The van der Waals surface area contributed by atoms with Crippen molar-refractivity contribution in [1.82, 2.24) is 4.90 Å². The van der Waals surface area contributed by atoms with E-state index in [1.807, 2.05) is 57.2 Å². The highest BCUT2D eigenvalue weighted by molar-refractivity contribution is 5.98. The maximum Gasteiger partial charge on any atom is 0.410 e. The summed E-state index contributed by atoms with van der Waals surface area (Å²) >= 11 is 0. The summed E-state index contributed by atoms with van der Waals surface area (Å²) in [6.07, 6.45) is -0.281. The van der Waals surface area contributed by atoms with Crippen LogP contribution in [0.4, 0.5) is 10.5 Å². The predicted octanol–water partition coefficient (Wildman–Crippen LogP) is 4.52. The number of carbonyl (C=O) groups is 2. The molecule has 8 nitrogen and oxygen atoms in total. The van der Waals surface area contributed by atoms with Crippen molar-refractivity contribution < 1.29 is 19.2 Å². The van der Waals surface area contributed by atoms with Crippen LogP contribution < -0.4 is 10.6 Å². The molecule has 2 aromatic rings. The van der Waals surface area contributed by atoms with Gasteiger partial charge in [0.2, 0.25) is 0 Å². The second-order valence-electron chi connectivity index (χ2n) is 10.7. The Morgan fingerprint density at radius 3 is 1.89 bits per heavy atom. The van der Waals surface area contributed by atoms with E-state index in [9.17, 15) is 9.59 Å². The second-order valence-corrected chi connectivity index (χ2v) is 10.7. The van der Waals surface area contributed by atoms with Crippen LogP contribution in [0.15, 0.2) is 53.7 Å². The first-order valence-electron chi connectivity index (χ1n) is 11.8. The molecule has 2 N–H and O–H groups in total. The number of hydrogen-bond donors (Lipinski definition) is 1. The number of nitrogens with zero attached hydrogens (tertiary/aromatic N) is 3. The fourth-order valence-electron chi connectivity index (χ4n) is 3.62. The molecule has 1 fully saturated rings. The molecular weight excluding hydrogens is 444 g/mol. The number of ether oxygens (including phenoxy) is 1. The van der Waals surface area contributed by atoms with E-state index in [4.69, 9.17) is 15.3 Å². The van der Waals surface area contributed by atoms with Crippen molar-refractivity contribution in [3.63, 3.8) is 0 Å². The molecule has 8 heteroatoms. The number of benzene rings is 2. The van der Waals surface area contributed by atoms with Crippen LogP contribution in [-0.2, 0) is 15.0 Å². The Hall–Kier alpha value is -3.55. The van der Waals surface area contributed by atoms with Gasteiger partial charge in [-0.05, 0) is 68.1 Å². The van der Waals surface area contributed by atoms with Gasteiger partial charge in [-0.2, -0.15) is 0 Å². The fraction of sp³-hybridized carbons (Fsp3) is 0.444. The average Bonchev–Trinajstić information content (AvgIpc) is 2.81. The van der Waals surface area contributed by atoms with Gasteiger partial charge in [0.05, 0.1) is 5.56 Å². The SMILES string of the molecule is CC(C)(C)OC(=O)N1CCN(c2ccc(C(N)=NOC(=O)c3ccc(C(C)(C)C)cc3)cc2)CC1. The quantitative estimate of drug-likeness (QED) is 0.299. The van der Waals surface area contributed by atoms with Gasteiger partial charge in [0.15, 0.2) is 5.84 Å². The van der Waals surface area contributed by atoms with Gasteiger partial charge < -0.3 is 25.1 Å². The summed E-state index contributed by atoms with van der Waals surface area (Å²) < 4.78 is 5.45. The minimum atomic E-state index is -0.562.